The molecule has 1 aromatic rings. The normalized spacial score (nSPS) is 26.0. The van der Waals surface area contributed by atoms with Gasteiger partial charge < -0.3 is 0 Å². The molecule has 2 aliphatic heterocycles. The number of hydrogen-bond acceptors (Lipinski definition) is 3. The van der Waals surface area contributed by atoms with Crippen LogP contribution in [0.15, 0.2) is 45.4 Å². The molecule has 22 heavy (non-hydrogen) atoms. The van der Waals surface area contributed by atoms with Crippen molar-refractivity contribution in [3.63, 3.8) is 0 Å². The Hall–Kier alpha value is -1.62. The molecule has 4 nitrogen and oxygen atoms in total. The van der Waals surface area contributed by atoms with Gasteiger partial charge in [0.25, 0.3) is 0 Å². The number of amides is 1. The number of benzene rings is 1. The Morgan fingerprint density at radius 2 is 1.86 bits per heavy atom. The van der Waals surface area contributed by atoms with E-state index in [4.69, 9.17) is 34.8 Å². The van der Waals surface area contributed by atoms with Crippen LogP contribution in [0.3, 0.4) is 0 Å². The highest BCUT2D eigenvalue weighted by Crippen LogP contribution is 2.42. The molecule has 2 heterocycles. The third kappa shape index (κ3) is 1.75. The lowest BCUT2D eigenvalue weighted by atomic mass is 9.94. The molecule has 0 bridgehead atoms. The van der Waals surface area contributed by atoms with E-state index in [1.54, 1.807) is 30.4 Å². The van der Waals surface area contributed by atoms with Crippen molar-refractivity contribution in [1.29, 1.82) is 0 Å². The molecule has 110 valence electrons. The third-order valence-corrected chi connectivity index (χ3v) is 4.98. The van der Waals surface area contributed by atoms with Crippen molar-refractivity contribution < 1.29 is 9.59 Å². The molecule has 4 rings (SSSR count). The van der Waals surface area contributed by atoms with Crippen molar-refractivity contribution >= 4 is 57.9 Å². The first kappa shape index (κ1) is 14.0. The van der Waals surface area contributed by atoms with Gasteiger partial charge in [-0.15, -0.1) is 0 Å². The number of hydrogen-bond donors (Lipinski definition) is 0. The molecule has 0 saturated heterocycles. The van der Waals surface area contributed by atoms with Crippen LogP contribution in [0.2, 0.25) is 5.02 Å². The van der Waals surface area contributed by atoms with Crippen LogP contribution in [0.1, 0.15) is 10.4 Å². The van der Waals surface area contributed by atoms with Crippen molar-refractivity contribution in [1.82, 2.24) is 0 Å². The number of aliphatic imine (C=N–C) groups is 1. The molecule has 0 spiro atoms. The van der Waals surface area contributed by atoms with E-state index in [9.17, 15) is 9.59 Å². The van der Waals surface area contributed by atoms with E-state index in [0.29, 0.717) is 27.0 Å². The highest BCUT2D eigenvalue weighted by atomic mass is 35.5. The van der Waals surface area contributed by atoms with Crippen LogP contribution >= 0.6 is 34.8 Å². The van der Waals surface area contributed by atoms with E-state index in [2.05, 4.69) is 4.99 Å². The fraction of sp³-hybridized carbons (Fsp3) is 0.133. The molecule has 0 radical (unpaired) electrons. The number of ketones is 1. The Balaban J connectivity index is 1.92. The number of carbonyl (C=O) groups excluding carboxylic acids is 2. The zero-order valence-electron chi connectivity index (χ0n) is 10.9. The predicted octanol–water partition coefficient (Wildman–Crippen LogP) is 3.53. The maximum absolute atomic E-state index is 12.9. The summed E-state index contributed by atoms with van der Waals surface area (Å²) in [6, 6.07) is 4.81. The molecular weight excluding hydrogens is 347 g/mol. The standard InChI is InChI=1S/C15H7Cl3N2O2/c16-6-1-2-7-10(5-6)20-14(13(7)21)19-9-4-3-8(17)12(18)11(9)15(20)22/h1-5,11,14H. The molecule has 2 atom stereocenters. The van der Waals surface area contributed by atoms with Gasteiger partial charge in [0, 0.05) is 10.6 Å². The van der Waals surface area contributed by atoms with E-state index in [1.807, 2.05) is 0 Å². The zero-order valence-corrected chi connectivity index (χ0v) is 13.2. The number of carbonyl (C=O) groups is 2. The Labute approximate surface area is 140 Å². The maximum Gasteiger partial charge on any atom is 0.243 e. The van der Waals surface area contributed by atoms with Crippen LogP contribution < -0.4 is 4.90 Å². The van der Waals surface area contributed by atoms with Crippen molar-refractivity contribution in [2.24, 2.45) is 10.9 Å². The molecule has 3 aliphatic rings. The predicted molar refractivity (Wildman–Crippen MR) is 85.9 cm³/mol. The summed E-state index contributed by atoms with van der Waals surface area (Å²) >= 11 is 18.2. The topological polar surface area (TPSA) is 49.7 Å². The second-order valence-corrected chi connectivity index (χ2v) is 6.37. The molecule has 0 saturated carbocycles. The van der Waals surface area contributed by atoms with Crippen molar-refractivity contribution in [3.8, 4) is 0 Å². The number of fused-ring (bicyclic) bond motifs is 4. The van der Waals surface area contributed by atoms with Gasteiger partial charge >= 0.3 is 0 Å². The molecule has 1 aliphatic carbocycles. The highest BCUT2D eigenvalue weighted by Gasteiger charge is 2.48. The Morgan fingerprint density at radius 3 is 2.64 bits per heavy atom. The monoisotopic (exact) mass is 352 g/mol. The second kappa shape index (κ2) is 4.69. The van der Waals surface area contributed by atoms with E-state index >= 15 is 0 Å². The molecule has 7 heteroatoms. The van der Waals surface area contributed by atoms with Gasteiger partial charge in [-0.05, 0) is 30.4 Å². The van der Waals surface area contributed by atoms with E-state index in [-0.39, 0.29) is 16.7 Å². The summed E-state index contributed by atoms with van der Waals surface area (Å²) < 4.78 is 0. The summed E-state index contributed by atoms with van der Waals surface area (Å²) in [5, 5.41) is 0.960. The van der Waals surface area contributed by atoms with Gasteiger partial charge in [-0.1, -0.05) is 34.8 Å². The summed E-state index contributed by atoms with van der Waals surface area (Å²) in [5.74, 6) is -1.32. The van der Waals surface area contributed by atoms with Gasteiger partial charge in [-0.3, -0.25) is 19.5 Å². The molecule has 0 aromatic heterocycles. The Bertz CT molecular complexity index is 841. The summed E-state index contributed by atoms with van der Waals surface area (Å²) in [5.41, 5.74) is 1.35. The average molecular weight is 354 g/mol. The van der Waals surface area contributed by atoms with Crippen LogP contribution in [0, 0.1) is 5.92 Å². The molecule has 0 fully saturated rings. The first-order valence-corrected chi connectivity index (χ1v) is 7.60. The molecule has 1 aromatic carbocycles. The van der Waals surface area contributed by atoms with Gasteiger partial charge in [0.15, 0.2) is 6.17 Å². The van der Waals surface area contributed by atoms with Crippen molar-refractivity contribution in [2.45, 2.75) is 6.17 Å². The Kier molecular flexibility index (Phi) is 2.98. The lowest BCUT2D eigenvalue weighted by Gasteiger charge is -2.33. The fourth-order valence-corrected chi connectivity index (χ4v) is 3.50. The SMILES string of the molecule is O=C1c2ccc(Cl)cc2N2C(=O)C3C(=NC12)C=CC(Cl)=C3Cl. The van der Waals surface area contributed by atoms with Crippen LogP contribution in [0.5, 0.6) is 0 Å². The smallest absolute Gasteiger partial charge is 0.243 e. The summed E-state index contributed by atoms with van der Waals surface area (Å²) in [6.45, 7) is 0. The number of nitrogens with zero attached hydrogens (tertiary/aromatic N) is 2. The lowest BCUT2D eigenvalue weighted by molar-refractivity contribution is -0.120. The third-order valence-electron chi connectivity index (χ3n) is 3.90. The lowest BCUT2D eigenvalue weighted by Crippen LogP contribution is -2.49. The van der Waals surface area contributed by atoms with E-state index in [0.717, 1.165) is 0 Å². The van der Waals surface area contributed by atoms with E-state index < -0.39 is 12.1 Å². The number of Topliss-reactive ketones (excluding diaryl/α,β-unsaturated/α-hetero) is 1. The molecule has 0 N–H and O–H groups in total. The largest absolute Gasteiger partial charge is 0.289 e. The van der Waals surface area contributed by atoms with Crippen LogP contribution in [0.25, 0.3) is 0 Å². The van der Waals surface area contributed by atoms with Crippen LogP contribution in [0.4, 0.5) is 5.69 Å². The summed E-state index contributed by atoms with van der Waals surface area (Å²) in [7, 11) is 0. The summed E-state index contributed by atoms with van der Waals surface area (Å²) in [6.07, 6.45) is 2.31. The van der Waals surface area contributed by atoms with Crippen LogP contribution in [-0.4, -0.2) is 23.6 Å². The number of rotatable bonds is 0. The molecular formula is C15H7Cl3N2O2. The number of halogens is 3. The van der Waals surface area contributed by atoms with E-state index in [1.165, 1.54) is 4.90 Å². The van der Waals surface area contributed by atoms with Gasteiger partial charge in [0.2, 0.25) is 11.7 Å². The number of anilines is 1. The second-order valence-electron chi connectivity index (χ2n) is 5.12. The van der Waals surface area contributed by atoms with Crippen LogP contribution in [-0.2, 0) is 4.79 Å². The molecule has 1 amide bonds. The van der Waals surface area contributed by atoms with Gasteiger partial charge in [0.1, 0.15) is 5.92 Å². The average Bonchev–Trinajstić information content (AvgIpc) is 2.76. The molecule has 2 unspecified atom stereocenters. The minimum Gasteiger partial charge on any atom is -0.289 e. The first-order chi connectivity index (χ1) is 10.5. The van der Waals surface area contributed by atoms with Gasteiger partial charge in [0.05, 0.1) is 21.5 Å². The minimum atomic E-state index is -0.891. The van der Waals surface area contributed by atoms with Gasteiger partial charge in [-0.2, -0.15) is 0 Å². The highest BCUT2D eigenvalue weighted by molar-refractivity contribution is 6.45. The van der Waals surface area contributed by atoms with Crippen molar-refractivity contribution in [2.75, 3.05) is 4.90 Å². The number of allylic oxidation sites excluding steroid dienone is 3. The quantitative estimate of drug-likeness (QED) is 0.716. The van der Waals surface area contributed by atoms with Crippen molar-refractivity contribution in [3.05, 3.63) is 51.0 Å². The summed E-state index contributed by atoms with van der Waals surface area (Å²) in [4.78, 5) is 31.1. The van der Waals surface area contributed by atoms with Gasteiger partial charge in [-0.25, -0.2) is 0 Å². The first-order valence-electron chi connectivity index (χ1n) is 6.47. The maximum atomic E-state index is 12.9. The minimum absolute atomic E-state index is 0.217. The fourth-order valence-electron chi connectivity index (χ4n) is 2.89. The zero-order chi connectivity index (χ0) is 15.6. The Morgan fingerprint density at radius 1 is 1.09 bits per heavy atom.